The summed E-state index contributed by atoms with van der Waals surface area (Å²) < 4.78 is 0. The Morgan fingerprint density at radius 3 is 2.37 bits per heavy atom. The molecule has 0 aromatic heterocycles. The van der Waals surface area contributed by atoms with Gasteiger partial charge < -0.3 is 16.0 Å². The molecule has 0 saturated heterocycles. The Morgan fingerprint density at radius 2 is 1.89 bits per heavy atom. The molecule has 0 heterocycles. The fourth-order valence-corrected chi connectivity index (χ4v) is 3.30. The summed E-state index contributed by atoms with van der Waals surface area (Å²) in [5, 5.41) is 3.47. The topological polar surface area (TPSA) is 58.4 Å². The number of carbonyl (C=O) groups is 1. The van der Waals surface area contributed by atoms with Gasteiger partial charge in [-0.15, -0.1) is 0 Å². The predicted octanol–water partition coefficient (Wildman–Crippen LogP) is 1.74. The molecule has 0 radical (unpaired) electrons. The zero-order chi connectivity index (χ0) is 14.5. The number of rotatable bonds is 7. The molecule has 1 saturated carbocycles. The summed E-state index contributed by atoms with van der Waals surface area (Å²) in [6, 6.07) is 0. The molecule has 1 rings (SSSR count). The molecule has 1 aliphatic carbocycles. The Morgan fingerprint density at radius 1 is 1.26 bits per heavy atom. The summed E-state index contributed by atoms with van der Waals surface area (Å²) in [6.07, 6.45) is 3.99. The van der Waals surface area contributed by atoms with Gasteiger partial charge in [-0.2, -0.15) is 0 Å². The monoisotopic (exact) mass is 269 g/mol. The molecule has 112 valence electrons. The normalized spacial score (nSPS) is 26.6. The van der Waals surface area contributed by atoms with E-state index in [2.05, 4.69) is 37.9 Å². The second-order valence-corrected chi connectivity index (χ2v) is 6.59. The highest BCUT2D eigenvalue weighted by Crippen LogP contribution is 2.40. The lowest BCUT2D eigenvalue weighted by Gasteiger charge is -2.43. The quantitative estimate of drug-likeness (QED) is 0.740. The molecule has 0 aliphatic heterocycles. The van der Waals surface area contributed by atoms with Crippen molar-refractivity contribution in [3.8, 4) is 0 Å². The zero-order valence-electron chi connectivity index (χ0n) is 13.1. The largest absolute Gasteiger partial charge is 0.368 e. The number of primary amides is 1. The Hall–Kier alpha value is -0.610. The zero-order valence-corrected chi connectivity index (χ0v) is 13.1. The summed E-state index contributed by atoms with van der Waals surface area (Å²) in [5.74, 6) is -0.181. The number of hydrogen-bond donors (Lipinski definition) is 2. The second kappa shape index (κ2) is 6.71. The van der Waals surface area contributed by atoms with Crippen molar-refractivity contribution in [2.75, 3.05) is 26.2 Å². The first-order valence-electron chi connectivity index (χ1n) is 7.62. The van der Waals surface area contributed by atoms with Crippen LogP contribution in [-0.2, 0) is 4.79 Å². The van der Waals surface area contributed by atoms with E-state index in [9.17, 15) is 4.79 Å². The Kier molecular flexibility index (Phi) is 5.81. The number of nitrogens with two attached hydrogens (primary N) is 1. The van der Waals surface area contributed by atoms with Crippen LogP contribution in [0.1, 0.15) is 53.4 Å². The van der Waals surface area contributed by atoms with E-state index in [-0.39, 0.29) is 11.3 Å². The summed E-state index contributed by atoms with van der Waals surface area (Å²) in [5.41, 5.74) is 5.40. The van der Waals surface area contributed by atoms with Crippen molar-refractivity contribution in [3.05, 3.63) is 0 Å². The third-order valence-electron chi connectivity index (χ3n) is 4.49. The van der Waals surface area contributed by atoms with E-state index in [0.717, 1.165) is 45.4 Å². The van der Waals surface area contributed by atoms with Gasteiger partial charge in [-0.3, -0.25) is 4.79 Å². The standard InChI is InChI=1S/C15H31N3O/c1-5-18(6-2)11-10-17-15(13(16)19)9-7-8-14(3,4)12-15/h17H,5-12H2,1-4H3,(H2,16,19). The molecular weight excluding hydrogens is 238 g/mol. The van der Waals surface area contributed by atoms with Gasteiger partial charge in [-0.05, 0) is 37.8 Å². The van der Waals surface area contributed by atoms with Crippen LogP contribution in [0.4, 0.5) is 0 Å². The van der Waals surface area contributed by atoms with Gasteiger partial charge in [-0.1, -0.05) is 34.1 Å². The van der Waals surface area contributed by atoms with Crippen molar-refractivity contribution in [1.82, 2.24) is 10.2 Å². The van der Waals surface area contributed by atoms with Gasteiger partial charge in [0.1, 0.15) is 0 Å². The third-order valence-corrected chi connectivity index (χ3v) is 4.49. The van der Waals surface area contributed by atoms with E-state index in [4.69, 9.17) is 5.73 Å². The van der Waals surface area contributed by atoms with Gasteiger partial charge in [-0.25, -0.2) is 0 Å². The van der Waals surface area contributed by atoms with Crippen LogP contribution in [0.2, 0.25) is 0 Å². The van der Waals surface area contributed by atoms with Gasteiger partial charge in [0.05, 0.1) is 5.54 Å². The third kappa shape index (κ3) is 4.46. The predicted molar refractivity (Wildman–Crippen MR) is 80.0 cm³/mol. The highest BCUT2D eigenvalue weighted by Gasteiger charge is 2.43. The molecule has 3 N–H and O–H groups in total. The molecule has 1 aliphatic rings. The minimum Gasteiger partial charge on any atom is -0.368 e. The van der Waals surface area contributed by atoms with Crippen molar-refractivity contribution in [2.45, 2.75) is 58.9 Å². The van der Waals surface area contributed by atoms with Crippen LogP contribution < -0.4 is 11.1 Å². The number of likely N-dealkylation sites (N-methyl/N-ethyl adjacent to an activating group) is 1. The molecule has 1 fully saturated rings. The fraction of sp³-hybridized carbons (Fsp3) is 0.933. The van der Waals surface area contributed by atoms with Gasteiger partial charge in [0, 0.05) is 13.1 Å². The molecule has 0 bridgehead atoms. The lowest BCUT2D eigenvalue weighted by atomic mass is 9.67. The molecule has 1 unspecified atom stereocenters. The van der Waals surface area contributed by atoms with Gasteiger partial charge >= 0.3 is 0 Å². The molecule has 1 atom stereocenters. The minimum absolute atomic E-state index is 0.181. The first kappa shape index (κ1) is 16.4. The van der Waals surface area contributed by atoms with E-state index < -0.39 is 5.54 Å². The Bertz CT molecular complexity index is 300. The van der Waals surface area contributed by atoms with E-state index >= 15 is 0 Å². The van der Waals surface area contributed by atoms with Crippen LogP contribution in [0.25, 0.3) is 0 Å². The first-order chi connectivity index (χ1) is 8.85. The lowest BCUT2D eigenvalue weighted by molar-refractivity contribution is -0.127. The number of nitrogens with zero attached hydrogens (tertiary/aromatic N) is 1. The van der Waals surface area contributed by atoms with Crippen molar-refractivity contribution >= 4 is 5.91 Å². The van der Waals surface area contributed by atoms with Crippen molar-refractivity contribution in [3.63, 3.8) is 0 Å². The molecule has 1 amide bonds. The second-order valence-electron chi connectivity index (χ2n) is 6.59. The van der Waals surface area contributed by atoms with E-state index in [1.54, 1.807) is 0 Å². The van der Waals surface area contributed by atoms with Gasteiger partial charge in [0.25, 0.3) is 0 Å². The molecule has 4 nitrogen and oxygen atoms in total. The Labute approximate surface area is 118 Å². The molecule has 19 heavy (non-hydrogen) atoms. The Balaban J connectivity index is 2.60. The lowest BCUT2D eigenvalue weighted by Crippen LogP contribution is -2.60. The van der Waals surface area contributed by atoms with Crippen molar-refractivity contribution < 1.29 is 4.79 Å². The average Bonchev–Trinajstić information content (AvgIpc) is 2.33. The molecule has 4 heteroatoms. The maximum absolute atomic E-state index is 11.9. The van der Waals surface area contributed by atoms with Crippen LogP contribution in [0.3, 0.4) is 0 Å². The summed E-state index contributed by atoms with van der Waals surface area (Å²) >= 11 is 0. The first-order valence-corrected chi connectivity index (χ1v) is 7.62. The summed E-state index contributed by atoms with van der Waals surface area (Å²) in [4.78, 5) is 14.3. The molecule has 0 aromatic carbocycles. The molecule has 0 aromatic rings. The minimum atomic E-state index is -0.491. The van der Waals surface area contributed by atoms with Crippen LogP contribution in [0.5, 0.6) is 0 Å². The van der Waals surface area contributed by atoms with E-state index in [1.165, 1.54) is 6.42 Å². The van der Waals surface area contributed by atoms with Crippen LogP contribution in [0, 0.1) is 5.41 Å². The smallest absolute Gasteiger partial charge is 0.237 e. The average molecular weight is 269 g/mol. The van der Waals surface area contributed by atoms with Crippen LogP contribution >= 0.6 is 0 Å². The molecular formula is C15H31N3O. The summed E-state index contributed by atoms with van der Waals surface area (Å²) in [6.45, 7) is 12.7. The summed E-state index contributed by atoms with van der Waals surface area (Å²) in [7, 11) is 0. The van der Waals surface area contributed by atoms with Crippen molar-refractivity contribution in [2.24, 2.45) is 11.1 Å². The SMILES string of the molecule is CCN(CC)CCNC1(C(N)=O)CCCC(C)(C)C1. The van der Waals surface area contributed by atoms with E-state index in [1.807, 2.05) is 0 Å². The maximum Gasteiger partial charge on any atom is 0.237 e. The fourth-order valence-electron chi connectivity index (χ4n) is 3.30. The highest BCUT2D eigenvalue weighted by molar-refractivity contribution is 5.84. The van der Waals surface area contributed by atoms with Gasteiger partial charge in [0.15, 0.2) is 0 Å². The number of nitrogens with one attached hydrogen (secondary N) is 1. The number of carbonyl (C=O) groups excluding carboxylic acids is 1. The van der Waals surface area contributed by atoms with Crippen LogP contribution in [0.15, 0.2) is 0 Å². The highest BCUT2D eigenvalue weighted by atomic mass is 16.1. The molecule has 0 spiro atoms. The van der Waals surface area contributed by atoms with Gasteiger partial charge in [0.2, 0.25) is 5.91 Å². The number of hydrogen-bond acceptors (Lipinski definition) is 3. The number of amides is 1. The van der Waals surface area contributed by atoms with Crippen molar-refractivity contribution in [1.29, 1.82) is 0 Å². The van der Waals surface area contributed by atoms with Crippen LogP contribution in [-0.4, -0.2) is 42.5 Å². The van der Waals surface area contributed by atoms with E-state index in [0.29, 0.717) is 0 Å². The maximum atomic E-state index is 11.9.